The van der Waals surface area contributed by atoms with Gasteiger partial charge in [0.15, 0.2) is 0 Å². The standard InChI is InChI=1S/C14H26N4O/c1-3-5-6-7-8-9-10-16-12-11-13(19-4-2)18-14(15)17-12/h11H,3-10H2,1-2H3,(H3,15,16,17,18). The maximum absolute atomic E-state index is 5.63. The number of ether oxygens (including phenoxy) is 1. The van der Waals surface area contributed by atoms with E-state index in [0.717, 1.165) is 18.8 Å². The van der Waals surface area contributed by atoms with Crippen molar-refractivity contribution in [2.45, 2.75) is 52.4 Å². The van der Waals surface area contributed by atoms with Crippen LogP contribution in [0.2, 0.25) is 0 Å². The van der Waals surface area contributed by atoms with Crippen LogP contribution in [-0.4, -0.2) is 23.1 Å². The molecule has 0 aliphatic carbocycles. The zero-order valence-corrected chi connectivity index (χ0v) is 12.1. The van der Waals surface area contributed by atoms with Crippen LogP contribution in [-0.2, 0) is 0 Å². The minimum Gasteiger partial charge on any atom is -0.478 e. The second kappa shape index (κ2) is 9.42. The predicted octanol–water partition coefficient (Wildman–Crippen LogP) is 3.23. The highest BCUT2D eigenvalue weighted by Crippen LogP contribution is 2.14. The van der Waals surface area contributed by atoms with E-state index in [4.69, 9.17) is 10.5 Å². The molecule has 1 aromatic heterocycles. The first-order valence-corrected chi connectivity index (χ1v) is 7.27. The minimum absolute atomic E-state index is 0.247. The van der Waals surface area contributed by atoms with E-state index < -0.39 is 0 Å². The third kappa shape index (κ3) is 6.84. The Morgan fingerprint density at radius 3 is 2.58 bits per heavy atom. The Kier molecular flexibility index (Phi) is 7.70. The van der Waals surface area contributed by atoms with Crippen LogP contribution >= 0.6 is 0 Å². The molecular formula is C14H26N4O. The van der Waals surface area contributed by atoms with E-state index in [1.807, 2.05) is 6.92 Å². The lowest BCUT2D eigenvalue weighted by atomic mass is 10.1. The molecular weight excluding hydrogens is 240 g/mol. The van der Waals surface area contributed by atoms with Crippen molar-refractivity contribution >= 4 is 11.8 Å². The van der Waals surface area contributed by atoms with Crippen molar-refractivity contribution in [1.82, 2.24) is 9.97 Å². The highest BCUT2D eigenvalue weighted by Gasteiger charge is 2.02. The maximum Gasteiger partial charge on any atom is 0.225 e. The number of nitrogens with one attached hydrogen (secondary N) is 1. The summed E-state index contributed by atoms with van der Waals surface area (Å²) in [6.45, 7) is 5.64. The molecule has 0 bridgehead atoms. The Balaban J connectivity index is 2.25. The van der Waals surface area contributed by atoms with E-state index in [1.165, 1.54) is 32.1 Å². The number of aromatic nitrogens is 2. The fourth-order valence-electron chi connectivity index (χ4n) is 1.88. The molecule has 19 heavy (non-hydrogen) atoms. The van der Waals surface area contributed by atoms with Gasteiger partial charge in [-0.25, -0.2) is 0 Å². The summed E-state index contributed by atoms with van der Waals surface area (Å²) in [7, 11) is 0. The molecule has 5 heteroatoms. The topological polar surface area (TPSA) is 73.1 Å². The van der Waals surface area contributed by atoms with E-state index in [2.05, 4.69) is 22.2 Å². The number of nitrogens with zero attached hydrogens (tertiary/aromatic N) is 2. The summed E-state index contributed by atoms with van der Waals surface area (Å²) < 4.78 is 5.33. The number of unbranched alkanes of at least 4 members (excludes halogenated alkanes) is 5. The zero-order chi connectivity index (χ0) is 13.9. The quantitative estimate of drug-likeness (QED) is 0.636. The number of rotatable bonds is 10. The molecule has 1 heterocycles. The summed E-state index contributed by atoms with van der Waals surface area (Å²) >= 11 is 0. The largest absolute Gasteiger partial charge is 0.478 e. The van der Waals surface area contributed by atoms with Crippen molar-refractivity contribution in [3.8, 4) is 5.88 Å². The average molecular weight is 266 g/mol. The van der Waals surface area contributed by atoms with Gasteiger partial charge in [-0.15, -0.1) is 0 Å². The van der Waals surface area contributed by atoms with Crippen molar-refractivity contribution in [3.63, 3.8) is 0 Å². The van der Waals surface area contributed by atoms with E-state index in [9.17, 15) is 0 Å². The fraction of sp³-hybridized carbons (Fsp3) is 0.714. The first kappa shape index (κ1) is 15.5. The number of hydrogen-bond donors (Lipinski definition) is 2. The van der Waals surface area contributed by atoms with Crippen molar-refractivity contribution in [2.24, 2.45) is 0 Å². The second-order valence-corrected chi connectivity index (χ2v) is 4.58. The molecule has 0 aromatic carbocycles. The van der Waals surface area contributed by atoms with Crippen LogP contribution in [0.1, 0.15) is 52.4 Å². The van der Waals surface area contributed by atoms with Gasteiger partial charge in [-0.3, -0.25) is 0 Å². The Morgan fingerprint density at radius 1 is 1.11 bits per heavy atom. The molecule has 5 nitrogen and oxygen atoms in total. The molecule has 0 aliphatic heterocycles. The predicted molar refractivity (Wildman–Crippen MR) is 79.5 cm³/mol. The first-order valence-electron chi connectivity index (χ1n) is 7.27. The molecule has 0 atom stereocenters. The molecule has 1 aromatic rings. The van der Waals surface area contributed by atoms with Crippen LogP contribution in [0, 0.1) is 0 Å². The lowest BCUT2D eigenvalue weighted by Crippen LogP contribution is -2.07. The molecule has 108 valence electrons. The first-order chi connectivity index (χ1) is 9.26. The fourth-order valence-corrected chi connectivity index (χ4v) is 1.88. The maximum atomic E-state index is 5.63. The van der Waals surface area contributed by atoms with E-state index in [-0.39, 0.29) is 5.95 Å². The molecule has 0 amide bonds. The normalized spacial score (nSPS) is 10.4. The van der Waals surface area contributed by atoms with Crippen LogP contribution in [0.4, 0.5) is 11.8 Å². The van der Waals surface area contributed by atoms with Crippen molar-refractivity contribution in [2.75, 3.05) is 24.2 Å². The summed E-state index contributed by atoms with van der Waals surface area (Å²) in [6, 6.07) is 1.79. The summed E-state index contributed by atoms with van der Waals surface area (Å²) in [5, 5.41) is 3.26. The summed E-state index contributed by atoms with van der Waals surface area (Å²) in [6.07, 6.45) is 7.69. The molecule has 0 spiro atoms. The third-order valence-corrected chi connectivity index (χ3v) is 2.85. The zero-order valence-electron chi connectivity index (χ0n) is 12.1. The van der Waals surface area contributed by atoms with Crippen LogP contribution in [0.15, 0.2) is 6.07 Å². The number of nitrogen functional groups attached to an aromatic ring is 1. The molecule has 0 unspecified atom stereocenters. The average Bonchev–Trinajstić information content (AvgIpc) is 2.37. The van der Waals surface area contributed by atoms with Gasteiger partial charge in [-0.05, 0) is 13.3 Å². The molecule has 0 aliphatic rings. The highest BCUT2D eigenvalue weighted by atomic mass is 16.5. The van der Waals surface area contributed by atoms with Gasteiger partial charge in [0.25, 0.3) is 0 Å². The Hall–Kier alpha value is -1.52. The highest BCUT2D eigenvalue weighted by molar-refractivity contribution is 5.42. The van der Waals surface area contributed by atoms with Gasteiger partial charge in [0, 0.05) is 12.6 Å². The molecule has 0 saturated heterocycles. The molecule has 0 saturated carbocycles. The van der Waals surface area contributed by atoms with Crippen LogP contribution in [0.25, 0.3) is 0 Å². The lowest BCUT2D eigenvalue weighted by Gasteiger charge is -2.08. The Bertz CT molecular complexity index is 357. The Morgan fingerprint density at radius 2 is 1.84 bits per heavy atom. The smallest absolute Gasteiger partial charge is 0.225 e. The Labute approximate surface area is 116 Å². The van der Waals surface area contributed by atoms with E-state index in [0.29, 0.717) is 12.5 Å². The monoisotopic (exact) mass is 266 g/mol. The lowest BCUT2D eigenvalue weighted by molar-refractivity contribution is 0.327. The summed E-state index contributed by atoms with van der Waals surface area (Å²) in [4.78, 5) is 8.15. The van der Waals surface area contributed by atoms with E-state index in [1.54, 1.807) is 6.07 Å². The van der Waals surface area contributed by atoms with Crippen LogP contribution in [0.3, 0.4) is 0 Å². The third-order valence-electron chi connectivity index (χ3n) is 2.85. The number of anilines is 2. The van der Waals surface area contributed by atoms with Gasteiger partial charge in [0.2, 0.25) is 11.8 Å². The van der Waals surface area contributed by atoms with Gasteiger partial charge in [-0.1, -0.05) is 39.0 Å². The van der Waals surface area contributed by atoms with Gasteiger partial charge in [0.1, 0.15) is 5.82 Å². The van der Waals surface area contributed by atoms with Gasteiger partial charge in [0.05, 0.1) is 6.61 Å². The SMILES string of the molecule is CCCCCCCCNc1cc(OCC)nc(N)n1. The molecule has 0 radical (unpaired) electrons. The van der Waals surface area contributed by atoms with Crippen molar-refractivity contribution in [3.05, 3.63) is 6.07 Å². The van der Waals surface area contributed by atoms with Gasteiger partial charge in [-0.2, -0.15) is 9.97 Å². The van der Waals surface area contributed by atoms with Crippen molar-refractivity contribution < 1.29 is 4.74 Å². The minimum atomic E-state index is 0.247. The van der Waals surface area contributed by atoms with Crippen LogP contribution < -0.4 is 15.8 Å². The number of hydrogen-bond acceptors (Lipinski definition) is 5. The molecule has 1 rings (SSSR count). The van der Waals surface area contributed by atoms with Crippen molar-refractivity contribution in [1.29, 1.82) is 0 Å². The second-order valence-electron chi connectivity index (χ2n) is 4.58. The summed E-state index contributed by atoms with van der Waals surface area (Å²) in [5.74, 6) is 1.52. The molecule has 0 fully saturated rings. The number of nitrogens with two attached hydrogens (primary N) is 1. The van der Waals surface area contributed by atoms with Gasteiger partial charge >= 0.3 is 0 Å². The van der Waals surface area contributed by atoms with E-state index >= 15 is 0 Å². The summed E-state index contributed by atoms with van der Waals surface area (Å²) in [5.41, 5.74) is 5.63. The van der Waals surface area contributed by atoms with Crippen LogP contribution in [0.5, 0.6) is 5.88 Å². The molecule has 3 N–H and O–H groups in total. The van der Waals surface area contributed by atoms with Gasteiger partial charge < -0.3 is 15.8 Å².